The summed E-state index contributed by atoms with van der Waals surface area (Å²) in [5.74, 6) is -1.42. The number of esters is 1. The first-order valence-corrected chi connectivity index (χ1v) is 7.00. The van der Waals surface area contributed by atoms with Crippen molar-refractivity contribution in [1.29, 1.82) is 0 Å². The van der Waals surface area contributed by atoms with Gasteiger partial charge in [0, 0.05) is 15.7 Å². The van der Waals surface area contributed by atoms with Crippen molar-refractivity contribution >= 4 is 40.8 Å². The first kappa shape index (κ1) is 15.8. The van der Waals surface area contributed by atoms with Crippen LogP contribution < -0.4 is 5.32 Å². The van der Waals surface area contributed by atoms with Crippen molar-refractivity contribution < 1.29 is 19.1 Å². The number of nitrogens with one attached hydrogen (secondary N) is 1. The number of hydrogen-bond donors (Lipinski definition) is 1. The van der Waals surface area contributed by atoms with Gasteiger partial charge in [-0.25, -0.2) is 4.79 Å². The first-order valence-electron chi connectivity index (χ1n) is 6.24. The number of ether oxygens (including phenoxy) is 2. The van der Waals surface area contributed by atoms with Crippen LogP contribution in [-0.4, -0.2) is 30.7 Å². The summed E-state index contributed by atoms with van der Waals surface area (Å²) in [6.45, 7) is 1.95. The van der Waals surface area contributed by atoms with E-state index in [4.69, 9.17) is 32.7 Å². The predicted octanol–water partition coefficient (Wildman–Crippen LogP) is 2.82. The summed E-state index contributed by atoms with van der Waals surface area (Å²) < 4.78 is 10.2. The van der Waals surface area contributed by atoms with E-state index >= 15 is 0 Å². The Morgan fingerprint density at radius 1 is 1.33 bits per heavy atom. The van der Waals surface area contributed by atoms with E-state index in [9.17, 15) is 9.59 Å². The van der Waals surface area contributed by atoms with E-state index in [-0.39, 0.29) is 13.2 Å². The van der Waals surface area contributed by atoms with Gasteiger partial charge in [0.2, 0.25) is 0 Å². The number of rotatable bonds is 4. The van der Waals surface area contributed by atoms with E-state index < -0.39 is 17.5 Å². The monoisotopic (exact) mass is 329 g/mol. The van der Waals surface area contributed by atoms with Crippen LogP contribution in [0.4, 0.5) is 5.69 Å². The van der Waals surface area contributed by atoms with Gasteiger partial charge in [0.15, 0.2) is 0 Å². The van der Waals surface area contributed by atoms with Crippen LogP contribution in [0.1, 0.15) is 6.92 Å². The van der Waals surface area contributed by atoms with Gasteiger partial charge in [-0.3, -0.25) is 4.79 Å². The Labute approximate surface area is 131 Å². The normalized spacial score (nSPS) is 20.3. The van der Waals surface area contributed by atoms with Gasteiger partial charge in [-0.2, -0.15) is 0 Å². The molecule has 21 heavy (non-hydrogen) atoms. The summed E-state index contributed by atoms with van der Waals surface area (Å²) in [6, 6.07) is 4.57. The van der Waals surface area contributed by atoms with Crippen LogP contribution in [0.3, 0.4) is 0 Å². The van der Waals surface area contributed by atoms with Crippen molar-refractivity contribution in [2.24, 2.45) is 0 Å². The van der Waals surface area contributed by atoms with Crippen LogP contribution in [0.2, 0.25) is 10.0 Å². The zero-order valence-electron chi connectivity index (χ0n) is 11.2. The van der Waals surface area contributed by atoms with Gasteiger partial charge >= 0.3 is 5.97 Å². The molecule has 112 valence electrons. The lowest BCUT2D eigenvalue weighted by Crippen LogP contribution is -2.49. The number of halogens is 2. The molecule has 1 aliphatic heterocycles. The van der Waals surface area contributed by atoms with E-state index in [1.54, 1.807) is 13.0 Å². The van der Waals surface area contributed by atoms with Gasteiger partial charge in [0.25, 0.3) is 11.5 Å². The molecule has 1 aliphatic rings. The summed E-state index contributed by atoms with van der Waals surface area (Å²) in [6.07, 6.45) is 2.97. The maximum atomic E-state index is 12.4. The molecule has 1 aromatic carbocycles. The molecule has 1 amide bonds. The van der Waals surface area contributed by atoms with E-state index in [2.05, 4.69) is 5.32 Å². The molecule has 1 heterocycles. The van der Waals surface area contributed by atoms with Gasteiger partial charge in [0.1, 0.15) is 0 Å². The Morgan fingerprint density at radius 2 is 2.00 bits per heavy atom. The maximum Gasteiger partial charge on any atom is 0.352 e. The lowest BCUT2D eigenvalue weighted by atomic mass is 10.0. The van der Waals surface area contributed by atoms with Crippen molar-refractivity contribution in [3.05, 3.63) is 40.4 Å². The average molecular weight is 330 g/mol. The summed E-state index contributed by atoms with van der Waals surface area (Å²) in [5.41, 5.74) is -1.41. The Kier molecular flexibility index (Phi) is 4.88. The van der Waals surface area contributed by atoms with Gasteiger partial charge in [-0.05, 0) is 31.2 Å². The smallest absolute Gasteiger partial charge is 0.352 e. The van der Waals surface area contributed by atoms with Gasteiger partial charge in [-0.1, -0.05) is 29.3 Å². The number of amides is 1. The standard InChI is InChI=1S/C14H13Cl2NO4/c1-2-20-13(19)14(4-3-5-21-14)12(18)17-11-7-9(15)6-10(16)8-11/h3-4,6-8H,2,5H2,1H3,(H,17,18)/t14-/m1/s1. The van der Waals surface area contributed by atoms with Crippen LogP contribution in [0.15, 0.2) is 30.4 Å². The molecule has 0 saturated carbocycles. The molecule has 0 unspecified atom stereocenters. The van der Waals surface area contributed by atoms with Crippen molar-refractivity contribution in [2.45, 2.75) is 12.5 Å². The predicted molar refractivity (Wildman–Crippen MR) is 79.5 cm³/mol. The lowest BCUT2D eigenvalue weighted by molar-refractivity contribution is -0.166. The van der Waals surface area contributed by atoms with Crippen LogP contribution >= 0.6 is 23.2 Å². The quantitative estimate of drug-likeness (QED) is 0.524. The zero-order valence-corrected chi connectivity index (χ0v) is 12.7. The lowest BCUT2D eigenvalue weighted by Gasteiger charge is -2.23. The molecule has 0 spiro atoms. The number of anilines is 1. The Morgan fingerprint density at radius 3 is 2.52 bits per heavy atom. The Bertz CT molecular complexity index is 582. The molecule has 5 nitrogen and oxygen atoms in total. The molecule has 0 bridgehead atoms. The number of benzene rings is 1. The summed E-state index contributed by atoms with van der Waals surface area (Å²) in [7, 11) is 0. The molecule has 1 atom stereocenters. The van der Waals surface area contributed by atoms with Crippen LogP contribution in [0.5, 0.6) is 0 Å². The van der Waals surface area contributed by atoms with Gasteiger partial charge in [0.05, 0.1) is 13.2 Å². The second kappa shape index (κ2) is 6.47. The number of hydrogen-bond acceptors (Lipinski definition) is 4. The Balaban J connectivity index is 2.24. The third-order valence-electron chi connectivity index (χ3n) is 2.80. The van der Waals surface area contributed by atoms with Crippen molar-refractivity contribution in [1.82, 2.24) is 0 Å². The highest BCUT2D eigenvalue weighted by Gasteiger charge is 2.48. The third kappa shape index (κ3) is 3.37. The van der Waals surface area contributed by atoms with E-state index in [1.165, 1.54) is 24.3 Å². The molecule has 2 rings (SSSR count). The SMILES string of the molecule is CCOC(=O)[C@]1(C(=O)Nc2cc(Cl)cc(Cl)c2)C=CCO1. The summed E-state index contributed by atoms with van der Waals surface area (Å²) >= 11 is 11.7. The highest BCUT2D eigenvalue weighted by atomic mass is 35.5. The highest BCUT2D eigenvalue weighted by Crippen LogP contribution is 2.26. The van der Waals surface area contributed by atoms with Gasteiger partial charge < -0.3 is 14.8 Å². The fourth-order valence-electron chi connectivity index (χ4n) is 1.89. The third-order valence-corrected chi connectivity index (χ3v) is 3.23. The highest BCUT2D eigenvalue weighted by molar-refractivity contribution is 6.35. The fourth-order valence-corrected chi connectivity index (χ4v) is 2.42. The van der Waals surface area contributed by atoms with Crippen LogP contribution in [-0.2, 0) is 19.1 Å². The molecular formula is C14H13Cl2NO4. The Hall–Kier alpha value is -1.56. The van der Waals surface area contributed by atoms with Crippen molar-refractivity contribution in [2.75, 3.05) is 18.5 Å². The molecule has 0 saturated heterocycles. The fraction of sp³-hybridized carbons (Fsp3) is 0.286. The van der Waals surface area contributed by atoms with Crippen molar-refractivity contribution in [3.63, 3.8) is 0 Å². The molecule has 0 radical (unpaired) electrons. The minimum Gasteiger partial charge on any atom is -0.463 e. The second-order valence-electron chi connectivity index (χ2n) is 4.28. The second-order valence-corrected chi connectivity index (χ2v) is 5.15. The van der Waals surface area contributed by atoms with E-state index in [0.29, 0.717) is 15.7 Å². The maximum absolute atomic E-state index is 12.4. The number of carbonyl (C=O) groups excluding carboxylic acids is 2. The minimum absolute atomic E-state index is 0.147. The average Bonchev–Trinajstić information content (AvgIpc) is 2.88. The largest absolute Gasteiger partial charge is 0.463 e. The van der Waals surface area contributed by atoms with E-state index in [0.717, 1.165) is 0 Å². The molecule has 0 fully saturated rings. The van der Waals surface area contributed by atoms with Crippen LogP contribution in [0.25, 0.3) is 0 Å². The first-order chi connectivity index (χ1) is 9.98. The topological polar surface area (TPSA) is 64.6 Å². The summed E-state index contributed by atoms with van der Waals surface area (Å²) in [5, 5.41) is 3.29. The van der Waals surface area contributed by atoms with Crippen molar-refractivity contribution in [3.8, 4) is 0 Å². The molecular weight excluding hydrogens is 317 g/mol. The van der Waals surface area contributed by atoms with Crippen LogP contribution in [0, 0.1) is 0 Å². The molecule has 1 N–H and O–H groups in total. The zero-order chi connectivity index (χ0) is 15.5. The molecule has 7 heteroatoms. The summed E-state index contributed by atoms with van der Waals surface area (Å²) in [4.78, 5) is 24.4. The van der Waals surface area contributed by atoms with E-state index in [1.807, 2.05) is 0 Å². The minimum atomic E-state index is -1.77. The molecule has 1 aromatic rings. The molecule has 0 aliphatic carbocycles. The number of carbonyl (C=O) groups is 2. The van der Waals surface area contributed by atoms with Gasteiger partial charge in [-0.15, -0.1) is 0 Å². The molecule has 0 aromatic heterocycles.